The molecule has 0 N–H and O–H groups in total. The highest BCUT2D eigenvalue weighted by Crippen LogP contribution is 2.50. The zero-order valence-electron chi connectivity index (χ0n) is 20.4. The number of carbonyl (C=O) groups excluding carboxylic acids is 1. The fourth-order valence-corrected chi connectivity index (χ4v) is 5.11. The summed E-state index contributed by atoms with van der Waals surface area (Å²) in [5, 5.41) is 4.59. The number of methoxy groups -OCH3 is 1. The number of benzene rings is 2. The highest BCUT2D eigenvalue weighted by molar-refractivity contribution is 6.00. The third-order valence-corrected chi connectivity index (χ3v) is 6.67. The predicted molar refractivity (Wildman–Crippen MR) is 132 cm³/mol. The second-order valence-corrected chi connectivity index (χ2v) is 9.92. The lowest BCUT2D eigenvalue weighted by atomic mass is 9.70. The van der Waals surface area contributed by atoms with Gasteiger partial charge in [0.05, 0.1) is 12.7 Å². The van der Waals surface area contributed by atoms with E-state index in [2.05, 4.69) is 23.9 Å². The zero-order valence-corrected chi connectivity index (χ0v) is 20.4. The quantitative estimate of drug-likeness (QED) is 0.401. The van der Waals surface area contributed by atoms with Gasteiger partial charge in [0.15, 0.2) is 28.8 Å². The molecule has 2 aromatic carbocycles. The summed E-state index contributed by atoms with van der Waals surface area (Å²) in [7, 11) is 1.60. The molecular formula is C28H26N4O4. The molecule has 8 nitrogen and oxygen atoms in total. The van der Waals surface area contributed by atoms with Crippen molar-refractivity contribution in [2.45, 2.75) is 39.2 Å². The topological polar surface area (TPSA) is 87.8 Å². The Labute approximate surface area is 208 Å². The number of ether oxygens (including phenoxy) is 3. The molecule has 0 spiro atoms. The number of rotatable bonds is 5. The molecule has 4 aromatic rings. The van der Waals surface area contributed by atoms with E-state index in [4.69, 9.17) is 19.2 Å². The highest BCUT2D eigenvalue weighted by atomic mass is 16.5. The monoisotopic (exact) mass is 482 g/mol. The number of allylic oxidation sites excluding steroid dienone is 2. The van der Waals surface area contributed by atoms with E-state index in [0.29, 0.717) is 53.0 Å². The van der Waals surface area contributed by atoms with E-state index in [9.17, 15) is 4.79 Å². The lowest BCUT2D eigenvalue weighted by Gasteiger charge is -2.37. The number of ketones is 1. The first-order valence-electron chi connectivity index (χ1n) is 11.9. The Balaban J connectivity index is 1.45. The maximum absolute atomic E-state index is 13.5. The maximum atomic E-state index is 13.5. The Morgan fingerprint density at radius 3 is 2.58 bits per heavy atom. The molecule has 1 unspecified atom stereocenters. The van der Waals surface area contributed by atoms with Crippen LogP contribution in [0.3, 0.4) is 0 Å². The van der Waals surface area contributed by atoms with Gasteiger partial charge >= 0.3 is 0 Å². The summed E-state index contributed by atoms with van der Waals surface area (Å²) in [6.45, 7) is 4.33. The molecule has 1 aliphatic heterocycles. The van der Waals surface area contributed by atoms with Crippen molar-refractivity contribution >= 4 is 11.4 Å². The average molecular weight is 483 g/mol. The van der Waals surface area contributed by atoms with E-state index >= 15 is 0 Å². The Morgan fingerprint density at radius 1 is 1.06 bits per heavy atom. The van der Waals surface area contributed by atoms with Crippen LogP contribution in [-0.2, 0) is 11.4 Å². The summed E-state index contributed by atoms with van der Waals surface area (Å²) >= 11 is 0. The van der Waals surface area contributed by atoms with Crippen molar-refractivity contribution < 1.29 is 19.0 Å². The first-order chi connectivity index (χ1) is 17.4. The summed E-state index contributed by atoms with van der Waals surface area (Å²) < 4.78 is 19.2. The van der Waals surface area contributed by atoms with Crippen molar-refractivity contribution in [3.8, 4) is 17.4 Å². The fraction of sp³-hybridized carbons (Fsp3) is 0.286. The van der Waals surface area contributed by atoms with Gasteiger partial charge in [0.2, 0.25) is 5.88 Å². The second-order valence-electron chi connectivity index (χ2n) is 9.92. The molecule has 8 heteroatoms. The Bertz CT molecular complexity index is 1510. The first kappa shape index (κ1) is 22.3. The number of aromatic nitrogens is 4. The first-order valence-corrected chi connectivity index (χ1v) is 11.9. The van der Waals surface area contributed by atoms with Gasteiger partial charge in [0.1, 0.15) is 18.7 Å². The van der Waals surface area contributed by atoms with Crippen LogP contribution in [0.1, 0.15) is 49.6 Å². The largest absolute Gasteiger partial charge is 0.493 e. The van der Waals surface area contributed by atoms with Crippen molar-refractivity contribution in [2.75, 3.05) is 7.11 Å². The van der Waals surface area contributed by atoms with E-state index in [0.717, 1.165) is 11.1 Å². The van der Waals surface area contributed by atoms with Gasteiger partial charge in [-0.1, -0.05) is 56.3 Å². The van der Waals surface area contributed by atoms with Crippen LogP contribution in [0.5, 0.6) is 17.4 Å². The van der Waals surface area contributed by atoms with E-state index < -0.39 is 0 Å². The van der Waals surface area contributed by atoms with E-state index in [1.165, 1.54) is 0 Å². The van der Waals surface area contributed by atoms with E-state index in [1.807, 2.05) is 54.6 Å². The molecule has 0 bridgehead atoms. The maximum Gasteiger partial charge on any atom is 0.228 e. The molecular weight excluding hydrogens is 456 g/mol. The number of hydrogen-bond acceptors (Lipinski definition) is 7. The molecule has 36 heavy (non-hydrogen) atoms. The normalized spacial score (nSPS) is 18.4. The molecule has 1 aliphatic carbocycles. The van der Waals surface area contributed by atoms with Gasteiger partial charge in [-0.3, -0.25) is 4.79 Å². The molecule has 182 valence electrons. The smallest absolute Gasteiger partial charge is 0.228 e. The molecule has 6 rings (SSSR count). The van der Waals surface area contributed by atoms with E-state index in [-0.39, 0.29) is 23.7 Å². The molecule has 1 atom stereocenters. The summed E-state index contributed by atoms with van der Waals surface area (Å²) in [5.41, 5.74) is 2.85. The van der Waals surface area contributed by atoms with Crippen LogP contribution in [0, 0.1) is 5.41 Å². The van der Waals surface area contributed by atoms with Crippen LogP contribution in [0.4, 0.5) is 0 Å². The highest BCUT2D eigenvalue weighted by Gasteiger charge is 2.43. The number of nitrogens with zero attached hydrogens (tertiary/aromatic N) is 4. The van der Waals surface area contributed by atoms with Gasteiger partial charge in [-0.2, -0.15) is 0 Å². The summed E-state index contributed by atoms with van der Waals surface area (Å²) in [4.78, 5) is 22.8. The van der Waals surface area contributed by atoms with Crippen LogP contribution < -0.4 is 14.2 Å². The van der Waals surface area contributed by atoms with Gasteiger partial charge in [-0.25, -0.2) is 14.5 Å². The molecule has 2 aromatic heterocycles. The van der Waals surface area contributed by atoms with Crippen molar-refractivity contribution in [3.05, 3.63) is 89.2 Å². The molecule has 3 heterocycles. The molecule has 0 radical (unpaired) electrons. The number of fused-ring (bicyclic) bond motifs is 3. The SMILES string of the molecule is COc1ccccc1OCc1nc2c3c(ncn2n1)OC1=C(C(=O)CC(C)(C)C1)C3c1ccccc1. The van der Waals surface area contributed by atoms with Crippen molar-refractivity contribution in [1.82, 2.24) is 19.6 Å². The van der Waals surface area contributed by atoms with Crippen LogP contribution in [0.2, 0.25) is 0 Å². The van der Waals surface area contributed by atoms with Gasteiger partial charge in [0, 0.05) is 24.3 Å². The van der Waals surface area contributed by atoms with Gasteiger partial charge in [-0.05, 0) is 23.1 Å². The molecule has 2 aliphatic rings. The van der Waals surface area contributed by atoms with Crippen molar-refractivity contribution in [1.29, 1.82) is 0 Å². The molecule has 0 amide bonds. The van der Waals surface area contributed by atoms with Gasteiger partial charge in [0.25, 0.3) is 0 Å². The molecule has 0 saturated carbocycles. The summed E-state index contributed by atoms with van der Waals surface area (Å²) in [5.74, 6) is 2.66. The van der Waals surface area contributed by atoms with Crippen molar-refractivity contribution in [2.24, 2.45) is 5.41 Å². The summed E-state index contributed by atoms with van der Waals surface area (Å²) in [6, 6.07) is 17.4. The molecule has 0 saturated heterocycles. The lowest BCUT2D eigenvalue weighted by Crippen LogP contribution is -2.33. The Kier molecular flexibility index (Phi) is 5.25. The zero-order chi connectivity index (χ0) is 24.9. The van der Waals surface area contributed by atoms with E-state index in [1.54, 1.807) is 18.0 Å². The van der Waals surface area contributed by atoms with Crippen LogP contribution in [0.25, 0.3) is 5.65 Å². The third-order valence-electron chi connectivity index (χ3n) is 6.67. The predicted octanol–water partition coefficient (Wildman–Crippen LogP) is 4.88. The van der Waals surface area contributed by atoms with Crippen LogP contribution in [0.15, 0.2) is 72.3 Å². The average Bonchev–Trinajstić information content (AvgIpc) is 3.29. The van der Waals surface area contributed by atoms with Crippen LogP contribution in [-0.4, -0.2) is 32.5 Å². The third kappa shape index (κ3) is 3.79. The van der Waals surface area contributed by atoms with Gasteiger partial charge in [-0.15, -0.1) is 5.10 Å². The fourth-order valence-electron chi connectivity index (χ4n) is 5.11. The van der Waals surface area contributed by atoms with Crippen LogP contribution >= 0.6 is 0 Å². The Hall–Kier alpha value is -4.20. The number of Topliss-reactive ketones (excluding diaryl/α,β-unsaturated/α-hetero) is 1. The minimum absolute atomic E-state index is 0.0991. The lowest BCUT2D eigenvalue weighted by molar-refractivity contribution is -0.118. The minimum Gasteiger partial charge on any atom is -0.493 e. The Morgan fingerprint density at radius 2 is 1.81 bits per heavy atom. The second kappa shape index (κ2) is 8.48. The van der Waals surface area contributed by atoms with Gasteiger partial charge < -0.3 is 14.2 Å². The molecule has 0 fully saturated rings. The number of carbonyl (C=O) groups is 1. The number of hydrogen-bond donors (Lipinski definition) is 0. The summed E-state index contributed by atoms with van der Waals surface area (Å²) in [6.07, 6.45) is 2.74. The minimum atomic E-state index is -0.336. The number of para-hydroxylation sites is 2. The standard InChI is InChI=1S/C28H26N4O4/c1-28(2)13-18(33)24-21(14-28)36-27-25(23(24)17-9-5-4-6-10-17)26-30-22(31-32(26)16-29-27)15-35-20-12-8-7-11-19(20)34-3/h4-12,16,23H,13-15H2,1-3H3. The van der Waals surface area contributed by atoms with Crippen molar-refractivity contribution in [3.63, 3.8) is 0 Å².